The van der Waals surface area contributed by atoms with Crippen molar-refractivity contribution in [1.29, 1.82) is 0 Å². The van der Waals surface area contributed by atoms with Crippen molar-refractivity contribution >= 4 is 5.69 Å². The van der Waals surface area contributed by atoms with Gasteiger partial charge < -0.3 is 11.5 Å². The summed E-state index contributed by atoms with van der Waals surface area (Å²) in [5.74, 6) is 0.659. The van der Waals surface area contributed by atoms with Crippen LogP contribution in [0.5, 0.6) is 0 Å². The highest BCUT2D eigenvalue weighted by atomic mass is 14.7. The van der Waals surface area contributed by atoms with E-state index in [0.717, 1.165) is 24.9 Å². The van der Waals surface area contributed by atoms with Crippen LogP contribution >= 0.6 is 0 Å². The van der Waals surface area contributed by atoms with Crippen LogP contribution in [0.2, 0.25) is 0 Å². The Bertz CT molecular complexity index is 400. The minimum absolute atomic E-state index is 0.390. The second-order valence-corrected chi connectivity index (χ2v) is 5.95. The first-order chi connectivity index (χ1) is 9.15. The largest absolute Gasteiger partial charge is 0.398 e. The summed E-state index contributed by atoms with van der Waals surface area (Å²) in [5.41, 5.74) is 17.5. The Balaban J connectivity index is 2.19. The number of nitrogens with two attached hydrogens (primary N) is 2. The van der Waals surface area contributed by atoms with Crippen LogP contribution in [0, 0.1) is 5.92 Å². The highest BCUT2D eigenvalue weighted by Gasteiger charge is 2.22. The van der Waals surface area contributed by atoms with Gasteiger partial charge in [-0.2, -0.15) is 0 Å². The molecule has 0 aromatic heterocycles. The van der Waals surface area contributed by atoms with Crippen molar-refractivity contribution in [2.24, 2.45) is 11.7 Å². The standard InChI is InChI=1S/C17H28N2/c1-3-13-9-12(10-14(4-2)17(13)19)11-15-7-5-6-8-16(15)18/h9-10,15-16H,3-8,11,18-19H2,1-2H3. The van der Waals surface area contributed by atoms with E-state index in [1.807, 2.05) is 0 Å². The fourth-order valence-corrected chi connectivity index (χ4v) is 3.35. The Labute approximate surface area is 117 Å². The van der Waals surface area contributed by atoms with Gasteiger partial charge in [0, 0.05) is 11.7 Å². The maximum absolute atomic E-state index is 6.27. The normalized spacial score (nSPS) is 23.5. The average Bonchev–Trinajstić information content (AvgIpc) is 2.43. The molecule has 0 bridgehead atoms. The maximum Gasteiger partial charge on any atom is 0.0379 e. The second-order valence-electron chi connectivity index (χ2n) is 5.95. The third-order valence-corrected chi connectivity index (χ3v) is 4.64. The number of benzene rings is 1. The molecule has 1 aliphatic carbocycles. The molecule has 1 saturated carbocycles. The predicted octanol–water partition coefficient (Wildman–Crippen LogP) is 3.45. The van der Waals surface area contributed by atoms with E-state index in [0.29, 0.717) is 12.0 Å². The number of hydrogen-bond donors (Lipinski definition) is 2. The van der Waals surface area contributed by atoms with E-state index in [-0.39, 0.29) is 0 Å². The molecular formula is C17H28N2. The second kappa shape index (κ2) is 6.42. The van der Waals surface area contributed by atoms with Gasteiger partial charge in [0.1, 0.15) is 0 Å². The van der Waals surface area contributed by atoms with Crippen LogP contribution in [0.1, 0.15) is 56.2 Å². The third-order valence-electron chi connectivity index (χ3n) is 4.64. The summed E-state index contributed by atoms with van der Waals surface area (Å²) >= 11 is 0. The molecule has 106 valence electrons. The van der Waals surface area contributed by atoms with E-state index in [1.165, 1.54) is 42.4 Å². The summed E-state index contributed by atoms with van der Waals surface area (Å²) in [5, 5.41) is 0. The van der Waals surface area contributed by atoms with Gasteiger partial charge in [-0.25, -0.2) is 0 Å². The van der Waals surface area contributed by atoms with Gasteiger partial charge in [-0.15, -0.1) is 0 Å². The van der Waals surface area contributed by atoms with Gasteiger partial charge in [-0.1, -0.05) is 38.8 Å². The Morgan fingerprint density at radius 3 is 2.16 bits per heavy atom. The number of hydrogen-bond acceptors (Lipinski definition) is 2. The molecule has 0 heterocycles. The number of rotatable bonds is 4. The zero-order valence-electron chi connectivity index (χ0n) is 12.4. The lowest BCUT2D eigenvalue weighted by Gasteiger charge is -2.29. The monoisotopic (exact) mass is 260 g/mol. The van der Waals surface area contributed by atoms with Gasteiger partial charge in [0.15, 0.2) is 0 Å². The molecule has 2 unspecified atom stereocenters. The fourth-order valence-electron chi connectivity index (χ4n) is 3.35. The molecule has 0 amide bonds. The van der Waals surface area contributed by atoms with Crippen LogP contribution in [0.25, 0.3) is 0 Å². The summed E-state index contributed by atoms with van der Waals surface area (Å²) in [6.45, 7) is 4.36. The first kappa shape index (κ1) is 14.4. The van der Waals surface area contributed by atoms with Crippen molar-refractivity contribution in [3.05, 3.63) is 28.8 Å². The molecule has 4 N–H and O–H groups in total. The van der Waals surface area contributed by atoms with Gasteiger partial charge in [-0.05, 0) is 54.7 Å². The molecule has 1 fully saturated rings. The highest BCUT2D eigenvalue weighted by Crippen LogP contribution is 2.29. The summed E-state index contributed by atoms with van der Waals surface area (Å²) in [4.78, 5) is 0. The average molecular weight is 260 g/mol. The molecule has 2 atom stereocenters. The van der Waals surface area contributed by atoms with E-state index < -0.39 is 0 Å². The van der Waals surface area contributed by atoms with E-state index in [9.17, 15) is 0 Å². The van der Waals surface area contributed by atoms with Crippen LogP contribution in [-0.4, -0.2) is 6.04 Å². The molecule has 0 saturated heterocycles. The summed E-state index contributed by atoms with van der Waals surface area (Å²) in [6, 6.07) is 4.99. The lowest BCUT2D eigenvalue weighted by Crippen LogP contribution is -2.34. The minimum atomic E-state index is 0.390. The zero-order valence-corrected chi connectivity index (χ0v) is 12.4. The molecule has 0 spiro atoms. The SMILES string of the molecule is CCc1cc(CC2CCCCC2N)cc(CC)c1N. The molecule has 2 heteroatoms. The van der Waals surface area contributed by atoms with Crippen LogP contribution in [-0.2, 0) is 19.3 Å². The third kappa shape index (κ3) is 3.30. The summed E-state index contributed by atoms with van der Waals surface area (Å²) in [6.07, 6.45) is 8.29. The van der Waals surface area contributed by atoms with Crippen molar-refractivity contribution in [1.82, 2.24) is 0 Å². The van der Waals surface area contributed by atoms with Gasteiger partial charge in [0.25, 0.3) is 0 Å². The Hall–Kier alpha value is -1.02. The van der Waals surface area contributed by atoms with Crippen molar-refractivity contribution in [3.63, 3.8) is 0 Å². The topological polar surface area (TPSA) is 52.0 Å². The predicted molar refractivity (Wildman–Crippen MR) is 83.2 cm³/mol. The fraction of sp³-hybridized carbons (Fsp3) is 0.647. The van der Waals surface area contributed by atoms with E-state index >= 15 is 0 Å². The Morgan fingerprint density at radius 1 is 1.05 bits per heavy atom. The maximum atomic E-state index is 6.27. The quantitative estimate of drug-likeness (QED) is 0.815. The Morgan fingerprint density at radius 2 is 1.63 bits per heavy atom. The molecule has 1 aromatic rings. The van der Waals surface area contributed by atoms with Crippen molar-refractivity contribution < 1.29 is 0 Å². The van der Waals surface area contributed by atoms with E-state index in [2.05, 4.69) is 26.0 Å². The smallest absolute Gasteiger partial charge is 0.0379 e. The molecule has 2 nitrogen and oxygen atoms in total. The minimum Gasteiger partial charge on any atom is -0.398 e. The number of nitrogen functional groups attached to an aromatic ring is 1. The lowest BCUT2D eigenvalue weighted by molar-refractivity contribution is 0.306. The van der Waals surface area contributed by atoms with Crippen LogP contribution < -0.4 is 11.5 Å². The molecule has 19 heavy (non-hydrogen) atoms. The zero-order chi connectivity index (χ0) is 13.8. The molecule has 2 rings (SSSR count). The molecular weight excluding hydrogens is 232 g/mol. The molecule has 1 aromatic carbocycles. The van der Waals surface area contributed by atoms with Gasteiger partial charge >= 0.3 is 0 Å². The van der Waals surface area contributed by atoms with Crippen molar-refractivity contribution in [2.75, 3.05) is 5.73 Å². The van der Waals surface area contributed by atoms with Crippen LogP contribution in [0.4, 0.5) is 5.69 Å². The molecule has 0 aliphatic heterocycles. The van der Waals surface area contributed by atoms with E-state index in [1.54, 1.807) is 0 Å². The first-order valence-electron chi connectivity index (χ1n) is 7.81. The lowest BCUT2D eigenvalue weighted by atomic mass is 9.80. The highest BCUT2D eigenvalue weighted by molar-refractivity contribution is 5.55. The summed E-state index contributed by atoms with van der Waals surface area (Å²) in [7, 11) is 0. The van der Waals surface area contributed by atoms with Crippen molar-refractivity contribution in [3.8, 4) is 0 Å². The van der Waals surface area contributed by atoms with Gasteiger partial charge in [0.2, 0.25) is 0 Å². The van der Waals surface area contributed by atoms with E-state index in [4.69, 9.17) is 11.5 Å². The molecule has 1 aliphatic rings. The summed E-state index contributed by atoms with van der Waals surface area (Å²) < 4.78 is 0. The van der Waals surface area contributed by atoms with Crippen molar-refractivity contribution in [2.45, 2.75) is 64.8 Å². The Kier molecular flexibility index (Phi) is 4.87. The van der Waals surface area contributed by atoms with Gasteiger partial charge in [-0.3, -0.25) is 0 Å². The number of aryl methyl sites for hydroxylation is 2. The number of anilines is 1. The van der Waals surface area contributed by atoms with Gasteiger partial charge in [0.05, 0.1) is 0 Å². The van der Waals surface area contributed by atoms with Crippen LogP contribution in [0.15, 0.2) is 12.1 Å². The van der Waals surface area contributed by atoms with Crippen LogP contribution in [0.3, 0.4) is 0 Å². The molecule has 0 radical (unpaired) electrons. The first-order valence-corrected chi connectivity index (χ1v) is 7.81.